The molecule has 2 aromatic carbocycles. The van der Waals surface area contributed by atoms with Gasteiger partial charge in [0.1, 0.15) is 22.9 Å². The van der Waals surface area contributed by atoms with Gasteiger partial charge in [-0.1, -0.05) is 41.4 Å². The molecule has 136 valence electrons. The second-order valence-corrected chi connectivity index (χ2v) is 7.55. The summed E-state index contributed by atoms with van der Waals surface area (Å²) in [5.41, 5.74) is 2.16. The van der Waals surface area contributed by atoms with Gasteiger partial charge in [0, 0.05) is 15.4 Å². The van der Waals surface area contributed by atoms with Crippen molar-refractivity contribution >= 4 is 57.2 Å². The van der Waals surface area contributed by atoms with Crippen LogP contribution < -0.4 is 5.43 Å². The van der Waals surface area contributed by atoms with Gasteiger partial charge in [-0.2, -0.15) is 5.26 Å². The topological polar surface area (TPSA) is 66.9 Å². The van der Waals surface area contributed by atoms with Crippen LogP contribution in [0.2, 0.25) is 10.0 Å². The minimum absolute atomic E-state index is 0.165. The molecule has 4 nitrogen and oxygen atoms in total. The number of hydrogen-bond donors (Lipinski definition) is 0. The highest BCUT2D eigenvalue weighted by Gasteiger charge is 2.14. The van der Waals surface area contributed by atoms with E-state index in [0.29, 0.717) is 48.4 Å². The second kappa shape index (κ2) is 7.61. The maximum atomic E-state index is 12.7. The van der Waals surface area contributed by atoms with Crippen molar-refractivity contribution in [2.45, 2.75) is 0 Å². The lowest BCUT2D eigenvalue weighted by Crippen LogP contribution is -2.04. The van der Waals surface area contributed by atoms with E-state index in [2.05, 4.69) is 11.1 Å². The van der Waals surface area contributed by atoms with Gasteiger partial charge in [-0.3, -0.25) is 4.79 Å². The molecule has 0 unspecified atom stereocenters. The van der Waals surface area contributed by atoms with Crippen molar-refractivity contribution in [2.75, 3.05) is 0 Å². The van der Waals surface area contributed by atoms with Crippen LogP contribution in [0.1, 0.15) is 10.6 Å². The molecule has 0 spiro atoms. The van der Waals surface area contributed by atoms with E-state index < -0.39 is 0 Å². The molecule has 0 N–H and O–H groups in total. The smallest absolute Gasteiger partial charge is 0.202 e. The quantitative estimate of drug-likeness (QED) is 0.362. The maximum absolute atomic E-state index is 12.7. The van der Waals surface area contributed by atoms with E-state index in [-0.39, 0.29) is 5.43 Å². The van der Waals surface area contributed by atoms with E-state index in [1.165, 1.54) is 17.6 Å². The Morgan fingerprint density at radius 3 is 2.82 bits per heavy atom. The lowest BCUT2D eigenvalue weighted by Gasteiger charge is -2.00. The Labute approximate surface area is 173 Å². The van der Waals surface area contributed by atoms with E-state index in [1.54, 1.807) is 53.9 Å². The number of hydrogen-bond acceptors (Lipinski definition) is 5. The fraction of sp³-hybridized carbons (Fsp3) is 0. The van der Waals surface area contributed by atoms with Gasteiger partial charge in [0.05, 0.1) is 22.2 Å². The zero-order valence-corrected chi connectivity index (χ0v) is 16.5. The Hall–Kier alpha value is -2.91. The van der Waals surface area contributed by atoms with Gasteiger partial charge in [0.15, 0.2) is 0 Å². The van der Waals surface area contributed by atoms with Crippen LogP contribution in [0, 0.1) is 11.3 Å². The Bertz CT molecular complexity index is 1330. The third kappa shape index (κ3) is 3.46. The number of thiazole rings is 1. The van der Waals surface area contributed by atoms with Crippen LogP contribution >= 0.6 is 34.5 Å². The summed E-state index contributed by atoms with van der Waals surface area (Å²) in [5, 5.41) is 13.2. The van der Waals surface area contributed by atoms with Crippen LogP contribution in [-0.4, -0.2) is 4.98 Å². The molecule has 2 heterocycles. The number of allylic oxidation sites excluding steroid dienone is 1. The number of aromatic nitrogens is 1. The molecule has 0 atom stereocenters. The van der Waals surface area contributed by atoms with Crippen LogP contribution in [-0.2, 0) is 0 Å². The molecular formula is C21H10Cl2N2O2S. The predicted molar refractivity (Wildman–Crippen MR) is 114 cm³/mol. The number of rotatable bonds is 3. The monoisotopic (exact) mass is 424 g/mol. The first-order chi connectivity index (χ1) is 13.6. The van der Waals surface area contributed by atoms with Crippen molar-refractivity contribution in [3.8, 4) is 17.3 Å². The number of halogens is 2. The SMILES string of the molecule is N#CC(=Cc1ccc(Cl)cc1Cl)c1nc(-c2coc3ccccc3c2=O)cs1. The number of para-hydroxylation sites is 1. The molecule has 0 bridgehead atoms. The highest BCUT2D eigenvalue weighted by Crippen LogP contribution is 2.29. The fourth-order valence-corrected chi connectivity index (χ4v) is 3.94. The summed E-state index contributed by atoms with van der Waals surface area (Å²) in [7, 11) is 0. The van der Waals surface area contributed by atoms with Gasteiger partial charge in [0.25, 0.3) is 0 Å². The van der Waals surface area contributed by atoms with Gasteiger partial charge < -0.3 is 4.42 Å². The van der Waals surface area contributed by atoms with Gasteiger partial charge in [-0.05, 0) is 35.9 Å². The Morgan fingerprint density at radius 1 is 1.21 bits per heavy atom. The average molecular weight is 425 g/mol. The highest BCUT2D eigenvalue weighted by atomic mass is 35.5. The molecule has 0 fully saturated rings. The van der Waals surface area contributed by atoms with Crippen LogP contribution in [0.3, 0.4) is 0 Å². The molecule has 2 aromatic heterocycles. The lowest BCUT2D eigenvalue weighted by atomic mass is 10.1. The number of benzene rings is 2. The van der Waals surface area contributed by atoms with Gasteiger partial charge in [-0.15, -0.1) is 11.3 Å². The second-order valence-electron chi connectivity index (χ2n) is 5.85. The third-order valence-electron chi connectivity index (χ3n) is 4.07. The molecule has 0 aliphatic carbocycles. The maximum Gasteiger partial charge on any atom is 0.202 e. The molecule has 0 aliphatic heterocycles. The van der Waals surface area contributed by atoms with E-state index in [1.807, 2.05) is 0 Å². The summed E-state index contributed by atoms with van der Waals surface area (Å²) < 4.78 is 5.55. The average Bonchev–Trinajstić information content (AvgIpc) is 3.17. The molecule has 4 aromatic rings. The third-order valence-corrected chi connectivity index (χ3v) is 5.51. The van der Waals surface area contributed by atoms with Gasteiger partial charge in [0.2, 0.25) is 5.43 Å². The van der Waals surface area contributed by atoms with Gasteiger partial charge >= 0.3 is 0 Å². The highest BCUT2D eigenvalue weighted by molar-refractivity contribution is 7.11. The molecule has 0 aliphatic rings. The summed E-state index contributed by atoms with van der Waals surface area (Å²) in [6, 6.07) is 14.2. The minimum Gasteiger partial charge on any atom is -0.463 e. The minimum atomic E-state index is -0.165. The molecule has 0 amide bonds. The van der Waals surface area contributed by atoms with E-state index in [9.17, 15) is 10.1 Å². The van der Waals surface area contributed by atoms with E-state index in [0.717, 1.165) is 0 Å². The molecule has 7 heteroatoms. The first kappa shape index (κ1) is 18.5. The first-order valence-corrected chi connectivity index (χ1v) is 9.74. The van der Waals surface area contributed by atoms with E-state index >= 15 is 0 Å². The molecular weight excluding hydrogens is 415 g/mol. The predicted octanol–water partition coefficient (Wildman–Crippen LogP) is 6.29. The summed E-state index contributed by atoms with van der Waals surface area (Å²) in [4.78, 5) is 17.2. The van der Waals surface area contributed by atoms with Crippen molar-refractivity contribution in [2.24, 2.45) is 0 Å². The van der Waals surface area contributed by atoms with Crippen molar-refractivity contribution in [3.05, 3.63) is 84.9 Å². The zero-order chi connectivity index (χ0) is 19.7. The number of fused-ring (bicyclic) bond motifs is 1. The van der Waals surface area contributed by atoms with Crippen molar-refractivity contribution in [1.82, 2.24) is 4.98 Å². The van der Waals surface area contributed by atoms with E-state index in [4.69, 9.17) is 27.6 Å². The summed E-state index contributed by atoms with van der Waals surface area (Å²) >= 11 is 13.4. The van der Waals surface area contributed by atoms with Crippen LogP contribution in [0.25, 0.3) is 33.9 Å². The molecule has 0 saturated carbocycles. The largest absolute Gasteiger partial charge is 0.463 e. The molecule has 28 heavy (non-hydrogen) atoms. The standard InChI is InChI=1S/C21H10Cl2N2O2S/c22-14-6-5-12(17(23)8-14)7-13(9-24)21-25-18(11-28-21)16-10-27-19-4-2-1-3-15(19)20(16)26/h1-8,10-11H. The van der Waals surface area contributed by atoms with Crippen LogP contribution in [0.15, 0.2) is 63.3 Å². The zero-order valence-electron chi connectivity index (χ0n) is 14.1. The Morgan fingerprint density at radius 2 is 2.04 bits per heavy atom. The summed E-state index contributed by atoms with van der Waals surface area (Å²) in [5.74, 6) is 0. The number of nitriles is 1. The Kier molecular flexibility index (Phi) is 5.01. The Balaban J connectivity index is 1.76. The lowest BCUT2D eigenvalue weighted by molar-refractivity contribution is 0.604. The van der Waals surface area contributed by atoms with Crippen molar-refractivity contribution < 1.29 is 4.42 Å². The van der Waals surface area contributed by atoms with Crippen LogP contribution in [0.4, 0.5) is 0 Å². The van der Waals surface area contributed by atoms with Crippen molar-refractivity contribution in [1.29, 1.82) is 5.26 Å². The molecule has 4 rings (SSSR count). The van der Waals surface area contributed by atoms with Crippen molar-refractivity contribution in [3.63, 3.8) is 0 Å². The summed E-state index contributed by atoms with van der Waals surface area (Å²) in [6.45, 7) is 0. The van der Waals surface area contributed by atoms with Crippen LogP contribution in [0.5, 0.6) is 0 Å². The molecule has 0 radical (unpaired) electrons. The first-order valence-electron chi connectivity index (χ1n) is 8.10. The summed E-state index contributed by atoms with van der Waals surface area (Å²) in [6.07, 6.45) is 3.04. The fourth-order valence-electron chi connectivity index (χ4n) is 2.69. The number of nitrogens with zero attached hydrogens (tertiary/aromatic N) is 2. The normalized spacial score (nSPS) is 11.5. The molecule has 0 saturated heterocycles. The van der Waals surface area contributed by atoms with Gasteiger partial charge in [-0.25, -0.2) is 4.98 Å².